The van der Waals surface area contributed by atoms with Gasteiger partial charge in [-0.2, -0.15) is 0 Å². The van der Waals surface area contributed by atoms with Gasteiger partial charge < -0.3 is 21.1 Å². The summed E-state index contributed by atoms with van der Waals surface area (Å²) in [6, 6.07) is 7.14. The first-order chi connectivity index (χ1) is 8.99. The highest BCUT2D eigenvalue weighted by Gasteiger charge is 2.37. The van der Waals surface area contributed by atoms with Crippen molar-refractivity contribution < 1.29 is 15.3 Å². The molecule has 4 atom stereocenters. The van der Waals surface area contributed by atoms with Gasteiger partial charge in [-0.15, -0.1) is 23.5 Å². The summed E-state index contributed by atoms with van der Waals surface area (Å²) in [5.74, 6) is 0.420. The molecule has 1 saturated heterocycles. The smallest absolute Gasteiger partial charge is 0.122 e. The van der Waals surface area contributed by atoms with Crippen LogP contribution in [0.2, 0.25) is 0 Å². The highest BCUT2D eigenvalue weighted by Crippen LogP contribution is 2.38. The number of hydrogen-bond acceptors (Lipinski definition) is 6. The molecule has 1 aliphatic rings. The number of thioether (sulfide) groups is 2. The topological polar surface area (TPSA) is 111 Å². The molecule has 19 heavy (non-hydrogen) atoms. The Hall–Kier alpha value is -0.730. The van der Waals surface area contributed by atoms with Crippen LogP contribution >= 0.6 is 23.5 Å². The molecule has 1 fully saturated rings. The molecule has 1 aliphatic heterocycles. The summed E-state index contributed by atoms with van der Waals surface area (Å²) in [7, 11) is 0. The minimum atomic E-state index is -1.10. The van der Waals surface area contributed by atoms with Crippen LogP contribution in [0, 0.1) is 5.41 Å². The Balaban J connectivity index is 2.03. The van der Waals surface area contributed by atoms with E-state index in [4.69, 9.17) is 11.1 Å². The zero-order valence-electron chi connectivity index (χ0n) is 10.1. The second-order valence-electron chi connectivity index (χ2n) is 4.31. The van der Waals surface area contributed by atoms with Crippen LogP contribution in [0.15, 0.2) is 29.2 Å². The number of amidine groups is 1. The largest absolute Gasteiger partial charge is 0.389 e. The van der Waals surface area contributed by atoms with Crippen molar-refractivity contribution in [2.24, 2.45) is 5.73 Å². The highest BCUT2D eigenvalue weighted by atomic mass is 32.2. The zero-order valence-corrected chi connectivity index (χ0v) is 11.7. The van der Waals surface area contributed by atoms with Gasteiger partial charge in [-0.25, -0.2) is 0 Å². The summed E-state index contributed by atoms with van der Waals surface area (Å²) in [4.78, 5) is 0.921. The average Bonchev–Trinajstić information content (AvgIpc) is 2.40. The van der Waals surface area contributed by atoms with Gasteiger partial charge in [0.25, 0.3) is 0 Å². The maximum absolute atomic E-state index is 9.91. The molecule has 6 N–H and O–H groups in total. The van der Waals surface area contributed by atoms with Crippen LogP contribution in [0.4, 0.5) is 0 Å². The van der Waals surface area contributed by atoms with Crippen molar-refractivity contribution in [3.63, 3.8) is 0 Å². The number of hydrogen-bond donors (Lipinski definition) is 5. The van der Waals surface area contributed by atoms with Crippen molar-refractivity contribution in [3.05, 3.63) is 29.8 Å². The molecule has 0 spiro atoms. The van der Waals surface area contributed by atoms with Gasteiger partial charge in [0.15, 0.2) is 0 Å². The van der Waals surface area contributed by atoms with E-state index in [1.165, 1.54) is 23.5 Å². The molecular weight excluding hydrogens is 284 g/mol. The van der Waals surface area contributed by atoms with E-state index in [2.05, 4.69) is 0 Å². The number of rotatable bonds is 3. The number of nitrogens with two attached hydrogens (primary N) is 1. The first kappa shape index (κ1) is 14.7. The van der Waals surface area contributed by atoms with Gasteiger partial charge in [-0.05, 0) is 12.1 Å². The third-order valence-electron chi connectivity index (χ3n) is 2.87. The maximum atomic E-state index is 9.91. The van der Waals surface area contributed by atoms with Gasteiger partial charge in [0.1, 0.15) is 18.0 Å². The first-order valence-corrected chi connectivity index (χ1v) is 7.69. The molecular formula is C12H16N2O3S2. The van der Waals surface area contributed by atoms with Crippen LogP contribution in [-0.2, 0) is 0 Å². The Morgan fingerprint density at radius 1 is 1.21 bits per heavy atom. The van der Waals surface area contributed by atoms with Crippen LogP contribution in [-0.4, -0.2) is 49.8 Å². The van der Waals surface area contributed by atoms with Crippen molar-refractivity contribution in [3.8, 4) is 0 Å². The highest BCUT2D eigenvalue weighted by molar-refractivity contribution is 8.17. The van der Waals surface area contributed by atoms with Gasteiger partial charge in [0.2, 0.25) is 0 Å². The van der Waals surface area contributed by atoms with Gasteiger partial charge >= 0.3 is 0 Å². The third-order valence-corrected chi connectivity index (χ3v) is 5.77. The fraction of sp³-hybridized carbons (Fsp3) is 0.417. The SMILES string of the molecule is N=C(N)c1ccc(S[C@H]2SC[C@@H](O)[C@H](O)[C@H]2O)cc1. The average molecular weight is 300 g/mol. The Kier molecular flexibility index (Phi) is 4.75. The van der Waals surface area contributed by atoms with E-state index in [0.717, 1.165) is 4.90 Å². The van der Waals surface area contributed by atoms with Crippen molar-refractivity contribution in [2.45, 2.75) is 27.8 Å². The predicted octanol–water partition coefficient (Wildman–Crippen LogP) is 0.218. The molecule has 7 heteroatoms. The Morgan fingerprint density at radius 2 is 1.84 bits per heavy atom. The minimum Gasteiger partial charge on any atom is -0.389 e. The van der Waals surface area contributed by atoms with Gasteiger partial charge in [-0.3, -0.25) is 5.41 Å². The summed E-state index contributed by atoms with van der Waals surface area (Å²) in [6.45, 7) is 0. The Morgan fingerprint density at radius 3 is 2.42 bits per heavy atom. The quantitative estimate of drug-likeness (QED) is 0.403. The summed E-state index contributed by atoms with van der Waals surface area (Å²) in [6.07, 6.45) is -2.95. The molecule has 0 radical (unpaired) electrons. The Bertz CT molecular complexity index is 455. The normalized spacial score (nSPS) is 31.1. The molecule has 5 nitrogen and oxygen atoms in total. The van der Waals surface area contributed by atoms with Gasteiger partial charge in [0.05, 0.1) is 10.7 Å². The zero-order chi connectivity index (χ0) is 14.0. The van der Waals surface area contributed by atoms with Crippen LogP contribution in [0.3, 0.4) is 0 Å². The molecule has 104 valence electrons. The summed E-state index contributed by atoms with van der Waals surface area (Å²) in [5.41, 5.74) is 6.02. The van der Waals surface area contributed by atoms with Crippen LogP contribution < -0.4 is 5.73 Å². The molecule has 0 amide bonds. The number of nitrogen functional groups attached to an aromatic ring is 1. The lowest BCUT2D eigenvalue weighted by molar-refractivity contribution is -0.0474. The van der Waals surface area contributed by atoms with E-state index in [-0.39, 0.29) is 10.4 Å². The van der Waals surface area contributed by atoms with E-state index in [9.17, 15) is 15.3 Å². The van der Waals surface area contributed by atoms with Crippen molar-refractivity contribution in [1.82, 2.24) is 0 Å². The lowest BCUT2D eigenvalue weighted by Gasteiger charge is -2.34. The van der Waals surface area contributed by atoms with Crippen LogP contribution in [0.1, 0.15) is 5.56 Å². The molecule has 0 unspecified atom stereocenters. The molecule has 0 saturated carbocycles. The predicted molar refractivity (Wildman–Crippen MR) is 77.6 cm³/mol. The second kappa shape index (κ2) is 6.15. The minimum absolute atomic E-state index is 0.0159. The van der Waals surface area contributed by atoms with E-state index >= 15 is 0 Å². The Labute approximate surface area is 119 Å². The van der Waals surface area contributed by atoms with E-state index in [0.29, 0.717) is 11.3 Å². The fourth-order valence-electron chi connectivity index (χ4n) is 1.73. The van der Waals surface area contributed by atoms with Crippen molar-refractivity contribution in [1.29, 1.82) is 5.41 Å². The van der Waals surface area contributed by atoms with Gasteiger partial charge in [-0.1, -0.05) is 12.1 Å². The monoisotopic (exact) mass is 300 g/mol. The summed E-state index contributed by atoms with van der Waals surface area (Å²) >= 11 is 2.85. The van der Waals surface area contributed by atoms with Gasteiger partial charge in [0, 0.05) is 16.2 Å². The van der Waals surface area contributed by atoms with E-state index < -0.39 is 18.3 Å². The number of nitrogens with one attached hydrogen (secondary N) is 1. The number of aliphatic hydroxyl groups excluding tert-OH is 3. The summed E-state index contributed by atoms with van der Waals surface area (Å²) in [5, 5.41) is 36.3. The molecule has 1 heterocycles. The van der Waals surface area contributed by atoms with Crippen LogP contribution in [0.5, 0.6) is 0 Å². The molecule has 0 bridgehead atoms. The molecule has 1 aromatic rings. The third kappa shape index (κ3) is 3.43. The molecule has 0 aliphatic carbocycles. The number of aliphatic hydroxyl groups is 3. The lowest BCUT2D eigenvalue weighted by Crippen LogP contribution is -2.47. The lowest BCUT2D eigenvalue weighted by atomic mass is 10.1. The molecule has 0 aromatic heterocycles. The molecule has 1 aromatic carbocycles. The maximum Gasteiger partial charge on any atom is 0.122 e. The number of benzene rings is 1. The first-order valence-electron chi connectivity index (χ1n) is 5.76. The fourth-order valence-corrected chi connectivity index (χ4v) is 4.38. The van der Waals surface area contributed by atoms with Crippen LogP contribution in [0.25, 0.3) is 0 Å². The standard InChI is InChI=1S/C12H16N2O3S2/c13-11(14)6-1-3-7(4-2-6)19-12-10(17)9(16)8(15)5-18-12/h1-4,8-10,12,15-17H,5H2,(H3,13,14)/t8-,9+,10-,12-/m1/s1. The summed E-state index contributed by atoms with van der Waals surface area (Å²) < 4.78 is -0.221. The van der Waals surface area contributed by atoms with Crippen molar-refractivity contribution >= 4 is 29.4 Å². The van der Waals surface area contributed by atoms with E-state index in [1.54, 1.807) is 12.1 Å². The van der Waals surface area contributed by atoms with Crippen molar-refractivity contribution in [2.75, 3.05) is 5.75 Å². The molecule has 2 rings (SSSR count). The van der Waals surface area contributed by atoms with E-state index in [1.807, 2.05) is 12.1 Å². The second-order valence-corrected chi connectivity index (χ2v) is 6.99.